The second-order valence-corrected chi connectivity index (χ2v) is 7.98. The largest absolute Gasteiger partial charge is 0.328 e. The van der Waals surface area contributed by atoms with Gasteiger partial charge in [0.15, 0.2) is 0 Å². The molecule has 130 valence electrons. The Balaban J connectivity index is 1.54. The average Bonchev–Trinajstić information content (AvgIpc) is 3.19. The van der Waals surface area contributed by atoms with Gasteiger partial charge in [-0.2, -0.15) is 0 Å². The first kappa shape index (κ1) is 16.1. The topological polar surface area (TPSA) is 88.1 Å². The molecule has 3 heterocycles. The fraction of sp³-hybridized carbons (Fsp3) is 0.471. The monoisotopic (exact) mass is 357 g/mol. The standard InChI is InChI=1S/C17H19N5O2S/c1-10(2)14-21-13-12(25-14)15(24)22(9-17(13)4-5-17)8-11(23)20-16-18-6-3-7-19-16/h3,6-7,10H,4-5,8-9H2,1-2H3,(H,18,19,20,23). The number of amides is 2. The number of fused-ring (bicyclic) bond motifs is 2. The molecule has 2 aromatic rings. The Morgan fingerprint density at radius 1 is 1.36 bits per heavy atom. The van der Waals surface area contributed by atoms with Crippen LogP contribution in [0.1, 0.15) is 53.0 Å². The van der Waals surface area contributed by atoms with Gasteiger partial charge in [-0.3, -0.25) is 14.9 Å². The fourth-order valence-electron chi connectivity index (χ4n) is 3.12. The molecule has 25 heavy (non-hydrogen) atoms. The van der Waals surface area contributed by atoms with Crippen LogP contribution in [0.5, 0.6) is 0 Å². The molecular formula is C17H19N5O2S. The van der Waals surface area contributed by atoms with Crippen molar-refractivity contribution < 1.29 is 9.59 Å². The van der Waals surface area contributed by atoms with Crippen LogP contribution in [-0.2, 0) is 10.2 Å². The van der Waals surface area contributed by atoms with Crippen LogP contribution in [0.2, 0.25) is 0 Å². The predicted octanol–water partition coefficient (Wildman–Crippen LogP) is 2.18. The number of thiazole rings is 1. The number of rotatable bonds is 4. The summed E-state index contributed by atoms with van der Waals surface area (Å²) in [5.41, 5.74) is 0.908. The minimum absolute atomic E-state index is 0.00713. The van der Waals surface area contributed by atoms with Gasteiger partial charge in [-0.1, -0.05) is 13.8 Å². The number of hydrogen-bond donors (Lipinski definition) is 1. The van der Waals surface area contributed by atoms with Crippen molar-refractivity contribution in [3.8, 4) is 0 Å². The van der Waals surface area contributed by atoms with Crippen molar-refractivity contribution >= 4 is 29.1 Å². The number of hydrogen-bond acceptors (Lipinski definition) is 6. The smallest absolute Gasteiger partial charge is 0.266 e. The summed E-state index contributed by atoms with van der Waals surface area (Å²) in [6.45, 7) is 4.73. The van der Waals surface area contributed by atoms with Crippen molar-refractivity contribution in [2.75, 3.05) is 18.4 Å². The van der Waals surface area contributed by atoms with E-state index < -0.39 is 0 Å². The molecule has 0 bridgehead atoms. The van der Waals surface area contributed by atoms with Gasteiger partial charge in [0, 0.05) is 30.3 Å². The maximum absolute atomic E-state index is 12.8. The van der Waals surface area contributed by atoms with E-state index in [1.165, 1.54) is 11.3 Å². The zero-order chi connectivity index (χ0) is 17.6. The van der Waals surface area contributed by atoms with Crippen molar-refractivity contribution in [3.05, 3.63) is 34.0 Å². The molecule has 0 saturated heterocycles. The summed E-state index contributed by atoms with van der Waals surface area (Å²) in [7, 11) is 0. The third-order valence-electron chi connectivity index (χ3n) is 4.62. The number of anilines is 1. The first-order chi connectivity index (χ1) is 12.0. The molecule has 2 aliphatic rings. The van der Waals surface area contributed by atoms with Gasteiger partial charge in [0.2, 0.25) is 11.9 Å². The molecule has 0 atom stereocenters. The summed E-state index contributed by atoms with van der Waals surface area (Å²) in [5.74, 6) is 0.165. The molecule has 1 aliphatic heterocycles. The molecule has 0 unspecified atom stereocenters. The van der Waals surface area contributed by atoms with Crippen LogP contribution in [-0.4, -0.2) is 44.8 Å². The van der Waals surface area contributed by atoms with E-state index in [1.807, 2.05) is 0 Å². The summed E-state index contributed by atoms with van der Waals surface area (Å²) < 4.78 is 0. The summed E-state index contributed by atoms with van der Waals surface area (Å²) in [6, 6.07) is 1.68. The Morgan fingerprint density at radius 3 is 2.72 bits per heavy atom. The van der Waals surface area contributed by atoms with Gasteiger partial charge in [-0.25, -0.2) is 15.0 Å². The molecule has 2 amide bonds. The lowest BCUT2D eigenvalue weighted by Crippen LogP contribution is -2.46. The van der Waals surface area contributed by atoms with E-state index in [1.54, 1.807) is 23.4 Å². The number of carbonyl (C=O) groups is 2. The van der Waals surface area contributed by atoms with Crippen LogP contribution in [0.15, 0.2) is 18.5 Å². The molecule has 2 aromatic heterocycles. The summed E-state index contributed by atoms with van der Waals surface area (Å²) in [4.78, 5) is 40.2. The molecule has 8 heteroatoms. The van der Waals surface area contributed by atoms with Crippen LogP contribution in [0, 0.1) is 0 Å². The van der Waals surface area contributed by atoms with Crippen molar-refractivity contribution in [3.63, 3.8) is 0 Å². The predicted molar refractivity (Wildman–Crippen MR) is 93.7 cm³/mol. The SMILES string of the molecule is CC(C)c1nc2c(s1)C(=O)N(CC(=O)Nc1ncccn1)CC21CC1. The lowest BCUT2D eigenvalue weighted by molar-refractivity contribution is -0.117. The van der Waals surface area contributed by atoms with Gasteiger partial charge in [-0.15, -0.1) is 11.3 Å². The summed E-state index contributed by atoms with van der Waals surface area (Å²) in [6.07, 6.45) is 5.17. The van der Waals surface area contributed by atoms with E-state index >= 15 is 0 Å². The zero-order valence-electron chi connectivity index (χ0n) is 14.2. The van der Waals surface area contributed by atoms with Gasteiger partial charge < -0.3 is 4.90 Å². The van der Waals surface area contributed by atoms with E-state index in [9.17, 15) is 9.59 Å². The Kier molecular flexibility index (Phi) is 3.79. The highest BCUT2D eigenvalue weighted by molar-refractivity contribution is 7.14. The van der Waals surface area contributed by atoms with Gasteiger partial charge >= 0.3 is 0 Å². The molecule has 1 fully saturated rings. The molecule has 1 N–H and O–H groups in total. The van der Waals surface area contributed by atoms with Gasteiger partial charge in [0.05, 0.1) is 10.7 Å². The van der Waals surface area contributed by atoms with E-state index in [2.05, 4.69) is 29.1 Å². The molecule has 0 radical (unpaired) electrons. The quantitative estimate of drug-likeness (QED) is 0.906. The van der Waals surface area contributed by atoms with Crippen molar-refractivity contribution in [1.82, 2.24) is 19.9 Å². The van der Waals surface area contributed by atoms with Crippen LogP contribution in [0.4, 0.5) is 5.95 Å². The minimum atomic E-state index is -0.285. The fourth-order valence-corrected chi connectivity index (χ4v) is 4.28. The molecule has 0 aromatic carbocycles. The maximum Gasteiger partial charge on any atom is 0.266 e. The first-order valence-electron chi connectivity index (χ1n) is 8.36. The zero-order valence-corrected chi connectivity index (χ0v) is 15.0. The highest BCUT2D eigenvalue weighted by Gasteiger charge is 2.54. The van der Waals surface area contributed by atoms with Crippen LogP contribution in [0.25, 0.3) is 0 Å². The van der Waals surface area contributed by atoms with Crippen molar-refractivity contribution in [2.24, 2.45) is 0 Å². The minimum Gasteiger partial charge on any atom is -0.328 e. The highest BCUT2D eigenvalue weighted by Crippen LogP contribution is 2.53. The Bertz CT molecular complexity index is 829. The number of carbonyl (C=O) groups excluding carboxylic acids is 2. The van der Waals surface area contributed by atoms with Crippen molar-refractivity contribution in [1.29, 1.82) is 0 Å². The van der Waals surface area contributed by atoms with E-state index in [0.717, 1.165) is 23.5 Å². The molecular weight excluding hydrogens is 338 g/mol. The van der Waals surface area contributed by atoms with E-state index in [-0.39, 0.29) is 29.7 Å². The second-order valence-electron chi connectivity index (χ2n) is 6.95. The molecule has 1 aliphatic carbocycles. The highest BCUT2D eigenvalue weighted by atomic mass is 32.1. The van der Waals surface area contributed by atoms with E-state index in [4.69, 9.17) is 4.98 Å². The summed E-state index contributed by atoms with van der Waals surface area (Å²) >= 11 is 1.47. The molecule has 7 nitrogen and oxygen atoms in total. The van der Waals surface area contributed by atoms with E-state index in [0.29, 0.717) is 17.3 Å². The van der Waals surface area contributed by atoms with Crippen LogP contribution < -0.4 is 5.32 Å². The maximum atomic E-state index is 12.8. The molecule has 1 spiro atoms. The Labute approximate surface area is 149 Å². The van der Waals surface area contributed by atoms with Gasteiger partial charge in [0.1, 0.15) is 11.4 Å². The van der Waals surface area contributed by atoms with Crippen LogP contribution in [0.3, 0.4) is 0 Å². The van der Waals surface area contributed by atoms with Gasteiger partial charge in [0.25, 0.3) is 5.91 Å². The molecule has 1 saturated carbocycles. The van der Waals surface area contributed by atoms with Gasteiger partial charge in [-0.05, 0) is 18.9 Å². The second kappa shape index (κ2) is 5.87. The number of nitrogens with one attached hydrogen (secondary N) is 1. The third kappa shape index (κ3) is 2.90. The van der Waals surface area contributed by atoms with Crippen LogP contribution >= 0.6 is 11.3 Å². The lowest BCUT2D eigenvalue weighted by atomic mass is 9.96. The average molecular weight is 357 g/mol. The lowest BCUT2D eigenvalue weighted by Gasteiger charge is -2.31. The normalized spacial score (nSPS) is 17.7. The third-order valence-corrected chi connectivity index (χ3v) is 5.96. The Morgan fingerprint density at radius 2 is 2.08 bits per heavy atom. The number of aromatic nitrogens is 3. The summed E-state index contributed by atoms with van der Waals surface area (Å²) in [5, 5.41) is 3.63. The first-order valence-corrected chi connectivity index (χ1v) is 9.17. The Hall–Kier alpha value is -2.35. The number of nitrogens with zero attached hydrogens (tertiary/aromatic N) is 4. The van der Waals surface area contributed by atoms with Crippen molar-refractivity contribution in [2.45, 2.75) is 38.0 Å². The molecule has 4 rings (SSSR count).